The molecule has 0 aromatic heterocycles. The maximum absolute atomic E-state index is 13.3. The van der Waals surface area contributed by atoms with Crippen LogP contribution in [0.5, 0.6) is 5.75 Å². The number of carbonyl (C=O) groups excluding carboxylic acids is 4. The Balaban J connectivity index is 1.90. The minimum Gasteiger partial charge on any atom is -0.427 e. The van der Waals surface area contributed by atoms with E-state index in [0.717, 1.165) is 10.5 Å². The Morgan fingerprint density at radius 3 is 2.42 bits per heavy atom. The smallest absolute Gasteiger partial charge is 0.308 e. The molecule has 0 bridgehead atoms. The fraction of sp³-hybridized carbons (Fsp3) is 0.333. The molecule has 3 amide bonds. The van der Waals surface area contributed by atoms with Gasteiger partial charge in [0.2, 0.25) is 5.91 Å². The van der Waals surface area contributed by atoms with Gasteiger partial charge in [0.15, 0.2) is 0 Å². The van der Waals surface area contributed by atoms with Gasteiger partial charge in [-0.15, -0.1) is 0 Å². The summed E-state index contributed by atoms with van der Waals surface area (Å²) in [7, 11) is 0. The van der Waals surface area contributed by atoms with Gasteiger partial charge in [-0.05, 0) is 56.7 Å². The van der Waals surface area contributed by atoms with Gasteiger partial charge < -0.3 is 9.64 Å². The van der Waals surface area contributed by atoms with Gasteiger partial charge in [-0.2, -0.15) is 0 Å². The summed E-state index contributed by atoms with van der Waals surface area (Å²) < 4.78 is 5.00. The van der Waals surface area contributed by atoms with Crippen molar-refractivity contribution in [3.63, 3.8) is 0 Å². The number of ether oxygens (including phenoxy) is 1. The van der Waals surface area contributed by atoms with Gasteiger partial charge in [0.05, 0.1) is 12.1 Å². The van der Waals surface area contributed by atoms with Crippen LogP contribution in [0.3, 0.4) is 0 Å². The van der Waals surface area contributed by atoms with Gasteiger partial charge in [0.1, 0.15) is 11.8 Å². The number of aryl methyl sites for hydroxylation is 1. The van der Waals surface area contributed by atoms with Gasteiger partial charge in [-0.3, -0.25) is 19.2 Å². The second kappa shape index (κ2) is 9.12. The predicted molar refractivity (Wildman–Crippen MR) is 116 cm³/mol. The van der Waals surface area contributed by atoms with Crippen LogP contribution in [-0.4, -0.2) is 40.7 Å². The van der Waals surface area contributed by atoms with E-state index in [1.165, 1.54) is 24.0 Å². The van der Waals surface area contributed by atoms with Gasteiger partial charge in [0, 0.05) is 18.5 Å². The molecule has 7 nitrogen and oxygen atoms in total. The van der Waals surface area contributed by atoms with Crippen LogP contribution in [0.15, 0.2) is 48.5 Å². The molecule has 0 saturated carbocycles. The molecule has 3 rings (SSSR count). The van der Waals surface area contributed by atoms with Crippen LogP contribution in [0.2, 0.25) is 0 Å². The number of hydrogen-bond acceptors (Lipinski definition) is 5. The highest BCUT2D eigenvalue weighted by Crippen LogP contribution is 2.29. The number of nitrogens with zero attached hydrogens (tertiary/aromatic N) is 2. The molecule has 0 N–H and O–H groups in total. The first-order valence-corrected chi connectivity index (χ1v) is 10.3. The van der Waals surface area contributed by atoms with Gasteiger partial charge in [-0.1, -0.05) is 24.6 Å². The summed E-state index contributed by atoms with van der Waals surface area (Å²) >= 11 is 0. The fourth-order valence-electron chi connectivity index (χ4n) is 3.71. The molecule has 162 valence electrons. The zero-order valence-electron chi connectivity index (χ0n) is 18.1. The Labute approximate surface area is 181 Å². The molecule has 1 saturated heterocycles. The van der Waals surface area contributed by atoms with E-state index in [0.29, 0.717) is 23.4 Å². The van der Waals surface area contributed by atoms with Gasteiger partial charge in [0.25, 0.3) is 11.8 Å². The number of carbonyl (C=O) groups is 4. The van der Waals surface area contributed by atoms with E-state index >= 15 is 0 Å². The summed E-state index contributed by atoms with van der Waals surface area (Å²) in [6, 6.07) is 12.3. The number of amides is 3. The van der Waals surface area contributed by atoms with Crippen molar-refractivity contribution in [1.29, 1.82) is 0 Å². The van der Waals surface area contributed by atoms with Crippen molar-refractivity contribution in [2.75, 3.05) is 4.90 Å². The SMILES string of the molecule is CCC(C)N(C(=O)c1cccc(C)c1)C1CC(=O)N(c2ccc(OC(C)=O)cc2)C1=O. The van der Waals surface area contributed by atoms with E-state index in [2.05, 4.69) is 0 Å². The van der Waals surface area contributed by atoms with Crippen LogP contribution in [-0.2, 0) is 14.4 Å². The van der Waals surface area contributed by atoms with Crippen LogP contribution in [0.25, 0.3) is 0 Å². The fourth-order valence-corrected chi connectivity index (χ4v) is 3.71. The minimum absolute atomic E-state index is 0.0770. The normalized spacial score (nSPS) is 16.9. The van der Waals surface area contributed by atoms with E-state index in [9.17, 15) is 19.2 Å². The molecule has 1 aliphatic heterocycles. The lowest BCUT2D eigenvalue weighted by molar-refractivity contribution is -0.132. The summed E-state index contributed by atoms with van der Waals surface area (Å²) in [5.41, 5.74) is 1.81. The molecule has 7 heteroatoms. The lowest BCUT2D eigenvalue weighted by atomic mass is 10.0. The molecule has 0 radical (unpaired) electrons. The third-order valence-electron chi connectivity index (χ3n) is 5.38. The van der Waals surface area contributed by atoms with Crippen molar-refractivity contribution in [2.45, 2.75) is 52.6 Å². The predicted octanol–water partition coefficient (Wildman–Crippen LogP) is 3.49. The quantitative estimate of drug-likeness (QED) is 0.404. The molecule has 0 spiro atoms. The zero-order chi connectivity index (χ0) is 22.7. The topological polar surface area (TPSA) is 84.0 Å². The van der Waals surface area contributed by atoms with Crippen LogP contribution < -0.4 is 9.64 Å². The molecule has 0 aliphatic carbocycles. The Bertz CT molecular complexity index is 1010. The Morgan fingerprint density at radius 1 is 1.16 bits per heavy atom. The average molecular weight is 422 g/mol. The van der Waals surface area contributed by atoms with E-state index in [1.54, 1.807) is 30.3 Å². The summed E-state index contributed by atoms with van der Waals surface area (Å²) in [6.45, 7) is 7.01. The van der Waals surface area contributed by atoms with Crippen LogP contribution in [0, 0.1) is 6.92 Å². The number of imide groups is 1. The first-order chi connectivity index (χ1) is 14.7. The lowest BCUT2D eigenvalue weighted by Gasteiger charge is -2.33. The van der Waals surface area contributed by atoms with Crippen molar-refractivity contribution in [3.8, 4) is 5.75 Å². The van der Waals surface area contributed by atoms with E-state index in [-0.39, 0.29) is 24.3 Å². The monoisotopic (exact) mass is 422 g/mol. The number of anilines is 1. The van der Waals surface area contributed by atoms with Crippen LogP contribution >= 0.6 is 0 Å². The maximum atomic E-state index is 13.3. The molecule has 2 aromatic rings. The summed E-state index contributed by atoms with van der Waals surface area (Å²) in [6.07, 6.45) is 0.568. The molecular formula is C24H26N2O5. The summed E-state index contributed by atoms with van der Waals surface area (Å²) in [4.78, 5) is 53.1. The third-order valence-corrected chi connectivity index (χ3v) is 5.38. The Morgan fingerprint density at radius 2 is 1.84 bits per heavy atom. The molecular weight excluding hydrogens is 396 g/mol. The average Bonchev–Trinajstić information content (AvgIpc) is 3.02. The molecule has 2 unspecified atom stereocenters. The highest BCUT2D eigenvalue weighted by molar-refractivity contribution is 6.23. The Hall–Kier alpha value is -3.48. The van der Waals surface area contributed by atoms with E-state index < -0.39 is 17.9 Å². The van der Waals surface area contributed by atoms with Crippen molar-refractivity contribution < 1.29 is 23.9 Å². The van der Waals surface area contributed by atoms with Crippen molar-refractivity contribution in [3.05, 3.63) is 59.7 Å². The Kier molecular flexibility index (Phi) is 6.53. The second-order valence-electron chi connectivity index (χ2n) is 7.71. The van der Waals surface area contributed by atoms with Crippen LogP contribution in [0.1, 0.15) is 49.5 Å². The standard InChI is InChI=1S/C24H26N2O5/c1-5-16(3)25(23(29)18-8-6-7-15(2)13-18)21-14-22(28)26(24(21)30)19-9-11-20(12-10-19)31-17(4)27/h6-13,16,21H,5,14H2,1-4H3. The van der Waals surface area contributed by atoms with Crippen molar-refractivity contribution in [2.24, 2.45) is 0 Å². The lowest BCUT2D eigenvalue weighted by Crippen LogP contribution is -2.49. The largest absolute Gasteiger partial charge is 0.427 e. The zero-order valence-corrected chi connectivity index (χ0v) is 18.1. The van der Waals surface area contributed by atoms with Crippen molar-refractivity contribution in [1.82, 2.24) is 4.90 Å². The highest BCUT2D eigenvalue weighted by atomic mass is 16.5. The summed E-state index contributed by atoms with van der Waals surface area (Å²) in [5.74, 6) is -1.22. The first-order valence-electron chi connectivity index (χ1n) is 10.3. The third kappa shape index (κ3) is 4.66. The van der Waals surface area contributed by atoms with Crippen LogP contribution in [0.4, 0.5) is 5.69 Å². The molecule has 1 heterocycles. The number of rotatable bonds is 6. The molecule has 31 heavy (non-hydrogen) atoms. The van der Waals surface area contributed by atoms with Crippen molar-refractivity contribution >= 4 is 29.4 Å². The van der Waals surface area contributed by atoms with E-state index in [1.807, 2.05) is 26.8 Å². The second-order valence-corrected chi connectivity index (χ2v) is 7.71. The van der Waals surface area contributed by atoms with Gasteiger partial charge in [-0.25, -0.2) is 4.90 Å². The molecule has 2 aromatic carbocycles. The number of esters is 1. The molecule has 1 aliphatic rings. The molecule has 2 atom stereocenters. The van der Waals surface area contributed by atoms with E-state index in [4.69, 9.17) is 4.74 Å². The van der Waals surface area contributed by atoms with Gasteiger partial charge >= 0.3 is 5.97 Å². The maximum Gasteiger partial charge on any atom is 0.308 e. The molecule has 1 fully saturated rings. The summed E-state index contributed by atoms with van der Waals surface area (Å²) in [5, 5.41) is 0. The first kappa shape index (κ1) is 22.2. The number of hydrogen-bond donors (Lipinski definition) is 0. The number of benzene rings is 2. The minimum atomic E-state index is -0.872. The highest BCUT2D eigenvalue weighted by Gasteiger charge is 2.45.